The Balaban J connectivity index is 1.59. The van der Waals surface area contributed by atoms with Gasteiger partial charge in [-0.05, 0) is 18.4 Å². The summed E-state index contributed by atoms with van der Waals surface area (Å²) in [7, 11) is 0. The van der Waals surface area contributed by atoms with Crippen molar-refractivity contribution in [3.05, 3.63) is 40.9 Å². The Labute approximate surface area is 154 Å². The lowest BCUT2D eigenvalue weighted by Gasteiger charge is -2.33. The number of carbonyl (C=O) groups is 2. The van der Waals surface area contributed by atoms with E-state index in [0.29, 0.717) is 17.3 Å². The van der Waals surface area contributed by atoms with E-state index in [-0.39, 0.29) is 11.8 Å². The molecule has 2 aromatic rings. The van der Waals surface area contributed by atoms with Gasteiger partial charge in [-0.25, -0.2) is 0 Å². The van der Waals surface area contributed by atoms with Crippen molar-refractivity contribution in [1.29, 1.82) is 0 Å². The third-order valence-electron chi connectivity index (χ3n) is 4.65. The van der Waals surface area contributed by atoms with Crippen molar-refractivity contribution >= 4 is 40.0 Å². The van der Waals surface area contributed by atoms with Gasteiger partial charge < -0.3 is 4.90 Å². The monoisotopic (exact) mass is 374 g/mol. The van der Waals surface area contributed by atoms with Gasteiger partial charge in [-0.2, -0.15) is 0 Å². The highest BCUT2D eigenvalue weighted by Gasteiger charge is 2.56. The summed E-state index contributed by atoms with van der Waals surface area (Å²) >= 11 is 3.06. The second-order valence-corrected chi connectivity index (χ2v) is 8.44. The molecule has 25 heavy (non-hydrogen) atoms. The zero-order valence-corrected chi connectivity index (χ0v) is 15.4. The number of anilines is 1. The zero-order valence-electron chi connectivity index (χ0n) is 13.8. The quantitative estimate of drug-likeness (QED) is 0.890. The van der Waals surface area contributed by atoms with E-state index in [1.54, 1.807) is 16.7 Å². The van der Waals surface area contributed by atoms with E-state index in [9.17, 15) is 9.59 Å². The number of amides is 2. The minimum Gasteiger partial charge on any atom is -0.311 e. The number of nitrogens with one attached hydrogen (secondary N) is 1. The van der Waals surface area contributed by atoms with Crippen molar-refractivity contribution in [2.24, 2.45) is 0 Å². The third-order valence-corrected chi connectivity index (χ3v) is 7.23. The standard InChI is InChI=1S/C17H18N4O2S2/c1-2-13-19-20-16(25-13)18-15(23)12-10-24-17(9-8-14(22)21(12)17)11-6-4-3-5-7-11/h3-7,12H,2,8-10H2,1H3,(H,18,20,23). The zero-order chi connectivity index (χ0) is 17.4. The van der Waals surface area contributed by atoms with Gasteiger partial charge in [-0.15, -0.1) is 22.0 Å². The van der Waals surface area contributed by atoms with Gasteiger partial charge in [0.25, 0.3) is 0 Å². The van der Waals surface area contributed by atoms with E-state index < -0.39 is 10.9 Å². The number of nitrogens with zero attached hydrogens (tertiary/aromatic N) is 3. The van der Waals surface area contributed by atoms with Crippen LogP contribution in [-0.2, 0) is 20.9 Å². The van der Waals surface area contributed by atoms with Crippen molar-refractivity contribution in [1.82, 2.24) is 15.1 Å². The molecular formula is C17H18N4O2S2. The first-order valence-electron chi connectivity index (χ1n) is 8.29. The molecule has 0 bridgehead atoms. The molecule has 2 aliphatic rings. The largest absolute Gasteiger partial charge is 0.311 e. The Morgan fingerprint density at radius 1 is 1.36 bits per heavy atom. The molecular weight excluding hydrogens is 356 g/mol. The number of hydrogen-bond donors (Lipinski definition) is 1. The molecule has 0 radical (unpaired) electrons. The maximum atomic E-state index is 12.8. The lowest BCUT2D eigenvalue weighted by molar-refractivity contribution is -0.136. The highest BCUT2D eigenvalue weighted by Crippen LogP contribution is 2.54. The molecule has 130 valence electrons. The number of fused-ring (bicyclic) bond motifs is 1. The average Bonchev–Trinajstić information content (AvgIpc) is 3.32. The van der Waals surface area contributed by atoms with E-state index >= 15 is 0 Å². The Hall–Kier alpha value is -1.93. The lowest BCUT2D eigenvalue weighted by atomic mass is 10.0. The van der Waals surface area contributed by atoms with E-state index in [4.69, 9.17) is 0 Å². The first-order chi connectivity index (χ1) is 12.1. The number of thioether (sulfide) groups is 1. The van der Waals surface area contributed by atoms with E-state index in [1.807, 2.05) is 37.3 Å². The van der Waals surface area contributed by atoms with Gasteiger partial charge in [0.15, 0.2) is 0 Å². The molecule has 1 aromatic carbocycles. The van der Waals surface area contributed by atoms with E-state index in [2.05, 4.69) is 15.5 Å². The van der Waals surface area contributed by atoms with Gasteiger partial charge in [0.2, 0.25) is 16.9 Å². The first-order valence-corrected chi connectivity index (χ1v) is 10.1. The topological polar surface area (TPSA) is 75.2 Å². The van der Waals surface area contributed by atoms with Crippen molar-refractivity contribution in [3.63, 3.8) is 0 Å². The number of carbonyl (C=O) groups excluding carboxylic acids is 2. The van der Waals surface area contributed by atoms with Crippen LogP contribution in [0.2, 0.25) is 0 Å². The van der Waals surface area contributed by atoms with E-state index in [1.165, 1.54) is 11.3 Å². The van der Waals surface area contributed by atoms with Crippen molar-refractivity contribution in [3.8, 4) is 0 Å². The highest BCUT2D eigenvalue weighted by molar-refractivity contribution is 8.00. The van der Waals surface area contributed by atoms with E-state index in [0.717, 1.165) is 23.4 Å². The minimum atomic E-state index is -0.478. The summed E-state index contributed by atoms with van der Waals surface area (Å²) in [6, 6.07) is 9.52. The summed E-state index contributed by atoms with van der Waals surface area (Å²) in [5.41, 5.74) is 1.09. The first kappa shape index (κ1) is 16.5. The molecule has 0 spiro atoms. The van der Waals surface area contributed by atoms with Crippen LogP contribution in [0.15, 0.2) is 30.3 Å². The predicted octanol–water partition coefficient (Wildman–Crippen LogP) is 2.63. The third kappa shape index (κ3) is 2.73. The second kappa shape index (κ2) is 6.42. The molecule has 6 nitrogen and oxygen atoms in total. The number of hydrogen-bond acceptors (Lipinski definition) is 6. The smallest absolute Gasteiger partial charge is 0.249 e. The van der Waals surface area contributed by atoms with Crippen LogP contribution in [0.5, 0.6) is 0 Å². The van der Waals surface area contributed by atoms with Crippen LogP contribution >= 0.6 is 23.1 Å². The molecule has 2 saturated heterocycles. The van der Waals surface area contributed by atoms with Crippen LogP contribution in [0.1, 0.15) is 30.3 Å². The maximum Gasteiger partial charge on any atom is 0.249 e. The summed E-state index contributed by atoms with van der Waals surface area (Å²) in [6.45, 7) is 2.00. The molecule has 1 aromatic heterocycles. The molecule has 0 saturated carbocycles. The van der Waals surface area contributed by atoms with Crippen LogP contribution < -0.4 is 5.32 Å². The van der Waals surface area contributed by atoms with Gasteiger partial charge in [0.05, 0.1) is 0 Å². The molecule has 2 atom stereocenters. The average molecular weight is 374 g/mol. The molecule has 0 aliphatic carbocycles. The summed E-state index contributed by atoms with van der Waals surface area (Å²) in [4.78, 5) is 26.7. The van der Waals surface area contributed by atoms with Crippen LogP contribution in [0.25, 0.3) is 0 Å². The minimum absolute atomic E-state index is 0.0421. The summed E-state index contributed by atoms with van der Waals surface area (Å²) in [5.74, 6) is 0.450. The number of rotatable bonds is 4. The molecule has 2 unspecified atom stereocenters. The Bertz CT molecular complexity index is 810. The Morgan fingerprint density at radius 3 is 2.88 bits per heavy atom. The number of aryl methyl sites for hydroxylation is 1. The summed E-state index contributed by atoms with van der Waals surface area (Å²) < 4.78 is 0. The Kier molecular flexibility index (Phi) is 4.24. The summed E-state index contributed by atoms with van der Waals surface area (Å²) in [5, 5.41) is 12.2. The van der Waals surface area contributed by atoms with Gasteiger partial charge in [0, 0.05) is 12.2 Å². The van der Waals surface area contributed by atoms with Gasteiger partial charge in [-0.1, -0.05) is 48.6 Å². The number of aromatic nitrogens is 2. The van der Waals surface area contributed by atoms with Crippen LogP contribution in [-0.4, -0.2) is 38.7 Å². The normalized spacial score (nSPS) is 25.2. The van der Waals surface area contributed by atoms with Gasteiger partial charge >= 0.3 is 0 Å². The second-order valence-electron chi connectivity index (χ2n) is 6.08. The number of benzene rings is 1. The fourth-order valence-corrected chi connectivity index (χ4v) is 5.81. The Morgan fingerprint density at radius 2 is 2.16 bits per heavy atom. The van der Waals surface area contributed by atoms with Crippen molar-refractivity contribution in [2.75, 3.05) is 11.1 Å². The lowest BCUT2D eigenvalue weighted by Crippen LogP contribution is -2.48. The molecule has 8 heteroatoms. The fraction of sp³-hybridized carbons (Fsp3) is 0.412. The predicted molar refractivity (Wildman–Crippen MR) is 98.4 cm³/mol. The fourth-order valence-electron chi connectivity index (χ4n) is 3.47. The molecule has 2 aliphatic heterocycles. The van der Waals surface area contributed by atoms with Crippen molar-refractivity contribution in [2.45, 2.75) is 37.1 Å². The maximum absolute atomic E-state index is 12.8. The molecule has 2 fully saturated rings. The van der Waals surface area contributed by atoms with Crippen LogP contribution in [0.4, 0.5) is 5.13 Å². The molecule has 2 amide bonds. The molecule has 3 heterocycles. The SMILES string of the molecule is CCc1nnc(NC(=O)C2CSC3(c4ccccc4)CCC(=O)N23)s1. The summed E-state index contributed by atoms with van der Waals surface area (Å²) in [6.07, 6.45) is 2.00. The van der Waals surface area contributed by atoms with Crippen LogP contribution in [0.3, 0.4) is 0 Å². The highest BCUT2D eigenvalue weighted by atomic mass is 32.2. The van der Waals surface area contributed by atoms with Crippen LogP contribution in [0, 0.1) is 0 Å². The van der Waals surface area contributed by atoms with Gasteiger partial charge in [0.1, 0.15) is 15.9 Å². The molecule has 1 N–H and O–H groups in total. The molecule has 4 rings (SSSR count). The van der Waals surface area contributed by atoms with Gasteiger partial charge in [-0.3, -0.25) is 14.9 Å². The van der Waals surface area contributed by atoms with Crippen molar-refractivity contribution < 1.29 is 9.59 Å².